The van der Waals surface area contributed by atoms with Crippen LogP contribution in [0.3, 0.4) is 0 Å². The second-order valence-corrected chi connectivity index (χ2v) is 7.93. The van der Waals surface area contributed by atoms with E-state index in [1.807, 2.05) is 44.2 Å². The number of alkyl carbamates (subject to hydrolysis) is 1. The van der Waals surface area contributed by atoms with Gasteiger partial charge >= 0.3 is 12.2 Å². The van der Waals surface area contributed by atoms with Crippen molar-refractivity contribution in [1.29, 1.82) is 5.26 Å². The van der Waals surface area contributed by atoms with Gasteiger partial charge in [0.05, 0.1) is 19.2 Å². The average Bonchev–Trinajstić information content (AvgIpc) is 3.15. The molecule has 1 saturated heterocycles. The Morgan fingerprint density at radius 2 is 1.97 bits per heavy atom. The summed E-state index contributed by atoms with van der Waals surface area (Å²) in [7, 11) is 0. The number of hydroxylamine groups is 2. The minimum Gasteiger partial charge on any atom is -0.436 e. The van der Waals surface area contributed by atoms with E-state index in [0.717, 1.165) is 5.56 Å². The van der Waals surface area contributed by atoms with E-state index in [9.17, 15) is 19.6 Å². The maximum absolute atomic E-state index is 12.9. The van der Waals surface area contributed by atoms with Gasteiger partial charge in [0.25, 0.3) is 5.91 Å². The van der Waals surface area contributed by atoms with E-state index in [1.54, 1.807) is 6.92 Å². The molecule has 32 heavy (non-hydrogen) atoms. The number of nitrogens with zero attached hydrogens (tertiary/aromatic N) is 2. The molecule has 2 atom stereocenters. The number of benzene rings is 1. The Kier molecular flexibility index (Phi) is 9.28. The van der Waals surface area contributed by atoms with Crippen molar-refractivity contribution in [2.45, 2.75) is 51.8 Å². The molecule has 0 radical (unpaired) electrons. The van der Waals surface area contributed by atoms with Crippen LogP contribution in [0.15, 0.2) is 30.3 Å². The van der Waals surface area contributed by atoms with E-state index in [1.165, 1.54) is 5.06 Å². The predicted octanol–water partition coefficient (Wildman–Crippen LogP) is 2.50. The zero-order valence-corrected chi connectivity index (χ0v) is 18.6. The molecular weight excluding hydrogens is 416 g/mol. The highest BCUT2D eigenvalue weighted by molar-refractivity contribution is 5.84. The van der Waals surface area contributed by atoms with Crippen LogP contribution in [0.5, 0.6) is 0 Å². The minimum absolute atomic E-state index is 0.0251. The van der Waals surface area contributed by atoms with Gasteiger partial charge in [0.15, 0.2) is 6.10 Å². The third-order valence-electron chi connectivity index (χ3n) is 4.78. The zero-order valence-electron chi connectivity index (χ0n) is 18.6. The van der Waals surface area contributed by atoms with Gasteiger partial charge in [-0.2, -0.15) is 5.26 Å². The summed E-state index contributed by atoms with van der Waals surface area (Å²) in [6.45, 7) is 6.09. The molecule has 1 fully saturated rings. The van der Waals surface area contributed by atoms with Gasteiger partial charge in [-0.1, -0.05) is 44.2 Å². The molecule has 1 aliphatic rings. The van der Waals surface area contributed by atoms with Gasteiger partial charge in [-0.25, -0.2) is 9.59 Å². The van der Waals surface area contributed by atoms with Gasteiger partial charge in [-0.15, -0.1) is 5.06 Å². The molecule has 0 aliphatic carbocycles. The van der Waals surface area contributed by atoms with E-state index in [4.69, 9.17) is 14.3 Å². The number of carbonyl (C=O) groups excluding carboxylic acids is 3. The van der Waals surface area contributed by atoms with Crippen molar-refractivity contribution >= 4 is 18.2 Å². The summed E-state index contributed by atoms with van der Waals surface area (Å²) >= 11 is 0. The lowest BCUT2D eigenvalue weighted by Crippen LogP contribution is -2.53. The van der Waals surface area contributed by atoms with Crippen LogP contribution in [0.1, 0.15) is 39.2 Å². The highest BCUT2D eigenvalue weighted by atomic mass is 16.8. The number of ether oxygens (including phenoxy) is 2. The maximum Gasteiger partial charge on any atom is 0.527 e. The van der Waals surface area contributed by atoms with E-state index >= 15 is 0 Å². The van der Waals surface area contributed by atoms with Crippen molar-refractivity contribution in [3.05, 3.63) is 35.9 Å². The monoisotopic (exact) mass is 446 g/mol. The number of hydrogen-bond acceptors (Lipinski definition) is 8. The molecule has 0 saturated carbocycles. The normalized spacial score (nSPS) is 19.0. The largest absolute Gasteiger partial charge is 0.527 e. The Morgan fingerprint density at radius 1 is 1.25 bits per heavy atom. The number of rotatable bonds is 9. The van der Waals surface area contributed by atoms with E-state index in [-0.39, 0.29) is 45.0 Å². The molecule has 0 bridgehead atoms. The number of carbonyl (C=O) groups is 3. The molecule has 2 N–H and O–H groups in total. The van der Waals surface area contributed by atoms with Crippen molar-refractivity contribution in [3.8, 4) is 6.07 Å². The Morgan fingerprint density at radius 3 is 2.59 bits per heavy atom. The molecule has 10 heteroatoms. The molecule has 1 heterocycles. The summed E-state index contributed by atoms with van der Waals surface area (Å²) in [6.07, 6.45) is -2.14. The minimum atomic E-state index is -1.28. The summed E-state index contributed by atoms with van der Waals surface area (Å²) in [4.78, 5) is 41.7. The van der Waals surface area contributed by atoms with Crippen molar-refractivity contribution in [1.82, 2.24) is 15.7 Å². The van der Waals surface area contributed by atoms with Gasteiger partial charge in [0, 0.05) is 19.5 Å². The van der Waals surface area contributed by atoms with Crippen LogP contribution in [0, 0.1) is 17.2 Å². The molecule has 2 unspecified atom stereocenters. The number of nitrogens with one attached hydrogen (secondary N) is 2. The van der Waals surface area contributed by atoms with E-state index in [2.05, 4.69) is 16.7 Å². The Balaban J connectivity index is 1.96. The predicted molar refractivity (Wildman–Crippen MR) is 114 cm³/mol. The van der Waals surface area contributed by atoms with Crippen LogP contribution in [0.2, 0.25) is 0 Å². The van der Waals surface area contributed by atoms with Crippen molar-refractivity contribution in [3.63, 3.8) is 0 Å². The summed E-state index contributed by atoms with van der Waals surface area (Å²) in [5, 5.41) is 16.3. The second-order valence-electron chi connectivity index (χ2n) is 7.93. The summed E-state index contributed by atoms with van der Waals surface area (Å²) in [5.41, 5.74) is -0.381. The fourth-order valence-electron chi connectivity index (χ4n) is 3.22. The molecular formula is C22H30N4O6. The zero-order chi connectivity index (χ0) is 23.6. The molecule has 10 nitrogen and oxygen atoms in total. The number of nitriles is 1. The van der Waals surface area contributed by atoms with Crippen molar-refractivity contribution < 1.29 is 28.7 Å². The first kappa shape index (κ1) is 24.9. The molecule has 174 valence electrons. The fourth-order valence-corrected chi connectivity index (χ4v) is 3.22. The number of amides is 2. The Bertz CT molecular complexity index is 825. The topological polar surface area (TPSA) is 130 Å². The van der Waals surface area contributed by atoms with Crippen LogP contribution in [-0.2, 0) is 25.7 Å². The van der Waals surface area contributed by atoms with Gasteiger partial charge in [0.2, 0.25) is 0 Å². The summed E-state index contributed by atoms with van der Waals surface area (Å²) in [6, 6.07) is 11.4. The lowest BCUT2D eigenvalue weighted by Gasteiger charge is -2.26. The van der Waals surface area contributed by atoms with Gasteiger partial charge in [-0.05, 0) is 24.8 Å². The van der Waals surface area contributed by atoms with Crippen molar-refractivity contribution in [2.75, 3.05) is 19.7 Å². The van der Waals surface area contributed by atoms with Crippen LogP contribution < -0.4 is 10.6 Å². The van der Waals surface area contributed by atoms with Crippen LogP contribution in [0.4, 0.5) is 9.59 Å². The average molecular weight is 447 g/mol. The van der Waals surface area contributed by atoms with E-state index in [0.29, 0.717) is 0 Å². The lowest BCUT2D eigenvalue weighted by atomic mass is 9.99. The van der Waals surface area contributed by atoms with Gasteiger partial charge < -0.3 is 24.9 Å². The van der Waals surface area contributed by atoms with Crippen LogP contribution in [-0.4, -0.2) is 54.6 Å². The molecule has 0 aromatic heterocycles. The third-order valence-corrected chi connectivity index (χ3v) is 4.78. The smallest absolute Gasteiger partial charge is 0.436 e. The van der Waals surface area contributed by atoms with Crippen molar-refractivity contribution in [2.24, 2.45) is 5.92 Å². The molecule has 2 rings (SSSR count). The SMILES string of the molecule is CCOC(=O)ON1CCC(C#N)(NC(=O)C(CC(C)C)OC(=O)NCc2ccccc2)C1. The molecule has 1 aliphatic heterocycles. The molecule has 2 amide bonds. The number of hydrogen-bond donors (Lipinski definition) is 2. The van der Waals surface area contributed by atoms with Gasteiger partial charge in [-0.3, -0.25) is 4.79 Å². The Labute approximate surface area is 187 Å². The maximum atomic E-state index is 12.9. The first-order valence-corrected chi connectivity index (χ1v) is 10.6. The van der Waals surface area contributed by atoms with Crippen LogP contribution in [0.25, 0.3) is 0 Å². The lowest BCUT2D eigenvalue weighted by molar-refractivity contribution is -0.133. The molecule has 1 aromatic rings. The van der Waals surface area contributed by atoms with E-state index < -0.39 is 29.8 Å². The fraction of sp³-hybridized carbons (Fsp3) is 0.545. The first-order chi connectivity index (χ1) is 15.3. The van der Waals surface area contributed by atoms with Gasteiger partial charge in [0.1, 0.15) is 5.54 Å². The highest BCUT2D eigenvalue weighted by Crippen LogP contribution is 2.22. The summed E-state index contributed by atoms with van der Waals surface area (Å²) in [5.74, 6) is -0.508. The second kappa shape index (κ2) is 11.9. The Hall–Kier alpha value is -3.32. The summed E-state index contributed by atoms with van der Waals surface area (Å²) < 4.78 is 10.1. The highest BCUT2D eigenvalue weighted by Gasteiger charge is 2.43. The molecule has 0 spiro atoms. The van der Waals surface area contributed by atoms with Crippen LogP contribution >= 0.6 is 0 Å². The quantitative estimate of drug-likeness (QED) is 0.554. The standard InChI is InChI=1S/C22H30N4O6/c1-4-30-21(29)32-26-11-10-22(14-23,15-26)25-19(27)18(12-16(2)3)31-20(28)24-13-17-8-6-5-7-9-17/h5-9,16,18H,4,10-13,15H2,1-3H3,(H,24,28)(H,25,27). The first-order valence-electron chi connectivity index (χ1n) is 10.6. The third kappa shape index (κ3) is 7.74. The molecule has 1 aromatic carbocycles.